The van der Waals surface area contributed by atoms with Crippen LogP contribution in [0.4, 0.5) is 5.69 Å². The molecule has 0 heterocycles. The molecule has 0 amide bonds. The SMILES string of the molecule is Cc1cc(Br)cc(NCC2CCCCCCC2)c1. The Hall–Kier alpha value is -0.500. The standard InChI is InChI=1S/C16H24BrN/c1-13-9-15(17)11-16(10-13)18-12-14-7-5-3-2-4-6-8-14/h9-11,14,18H,2-8,12H2,1H3. The lowest BCUT2D eigenvalue weighted by Gasteiger charge is -2.20. The monoisotopic (exact) mass is 309 g/mol. The fraction of sp³-hybridized carbons (Fsp3) is 0.625. The van der Waals surface area contributed by atoms with Crippen LogP contribution < -0.4 is 5.32 Å². The van der Waals surface area contributed by atoms with Gasteiger partial charge in [0.25, 0.3) is 0 Å². The maximum Gasteiger partial charge on any atom is 0.0354 e. The van der Waals surface area contributed by atoms with Gasteiger partial charge in [0.15, 0.2) is 0 Å². The average Bonchev–Trinajstić information content (AvgIpc) is 2.26. The lowest BCUT2D eigenvalue weighted by atomic mass is 9.91. The fourth-order valence-electron chi connectivity index (χ4n) is 2.85. The summed E-state index contributed by atoms with van der Waals surface area (Å²) in [5.74, 6) is 0.865. The molecular formula is C16H24BrN. The topological polar surface area (TPSA) is 12.0 Å². The summed E-state index contributed by atoms with van der Waals surface area (Å²) in [7, 11) is 0. The van der Waals surface area contributed by atoms with Gasteiger partial charge >= 0.3 is 0 Å². The van der Waals surface area contributed by atoms with Crippen molar-refractivity contribution < 1.29 is 0 Å². The lowest BCUT2D eigenvalue weighted by Crippen LogP contribution is -2.15. The number of benzene rings is 1. The fourth-order valence-corrected chi connectivity index (χ4v) is 3.45. The van der Waals surface area contributed by atoms with Crippen LogP contribution in [-0.2, 0) is 0 Å². The molecule has 0 unspecified atom stereocenters. The van der Waals surface area contributed by atoms with Crippen molar-refractivity contribution in [1.82, 2.24) is 0 Å². The smallest absolute Gasteiger partial charge is 0.0354 e. The van der Waals surface area contributed by atoms with E-state index in [1.165, 1.54) is 60.7 Å². The van der Waals surface area contributed by atoms with E-state index in [1.807, 2.05) is 0 Å². The number of hydrogen-bond acceptors (Lipinski definition) is 1. The maximum atomic E-state index is 3.61. The van der Waals surface area contributed by atoms with E-state index in [0.29, 0.717) is 0 Å². The third-order valence-corrected chi connectivity index (χ3v) is 4.32. The summed E-state index contributed by atoms with van der Waals surface area (Å²) >= 11 is 3.56. The summed E-state index contributed by atoms with van der Waals surface area (Å²) in [6.07, 6.45) is 9.97. The normalized spacial score (nSPS) is 18.1. The quantitative estimate of drug-likeness (QED) is 0.774. The summed E-state index contributed by atoms with van der Waals surface area (Å²) in [5, 5.41) is 3.61. The van der Waals surface area contributed by atoms with Crippen LogP contribution in [0.3, 0.4) is 0 Å². The second kappa shape index (κ2) is 7.18. The largest absolute Gasteiger partial charge is 0.385 e. The molecule has 18 heavy (non-hydrogen) atoms. The molecule has 100 valence electrons. The average molecular weight is 310 g/mol. The Balaban J connectivity index is 1.85. The molecule has 0 aromatic heterocycles. The highest BCUT2D eigenvalue weighted by molar-refractivity contribution is 9.10. The van der Waals surface area contributed by atoms with Crippen LogP contribution in [-0.4, -0.2) is 6.54 Å². The Bertz CT molecular complexity index is 347. The van der Waals surface area contributed by atoms with E-state index < -0.39 is 0 Å². The van der Waals surface area contributed by atoms with Crippen LogP contribution in [0, 0.1) is 12.8 Å². The third kappa shape index (κ3) is 4.64. The van der Waals surface area contributed by atoms with Crippen LogP contribution in [0.2, 0.25) is 0 Å². The Morgan fingerprint density at radius 3 is 2.39 bits per heavy atom. The first kappa shape index (κ1) is 13.9. The summed E-state index contributed by atoms with van der Waals surface area (Å²) < 4.78 is 1.17. The number of nitrogens with one attached hydrogen (secondary N) is 1. The van der Waals surface area contributed by atoms with E-state index in [2.05, 4.69) is 46.4 Å². The molecule has 0 atom stereocenters. The molecule has 1 aliphatic rings. The van der Waals surface area contributed by atoms with Crippen LogP contribution >= 0.6 is 15.9 Å². The first-order valence-electron chi connectivity index (χ1n) is 7.25. The minimum Gasteiger partial charge on any atom is -0.385 e. The van der Waals surface area contributed by atoms with Crippen LogP contribution in [0.1, 0.15) is 50.5 Å². The van der Waals surface area contributed by atoms with Gasteiger partial charge < -0.3 is 5.32 Å². The Kier molecular flexibility index (Phi) is 5.55. The molecule has 2 rings (SSSR count). The minimum atomic E-state index is 0.865. The van der Waals surface area contributed by atoms with E-state index in [0.717, 1.165) is 12.5 Å². The van der Waals surface area contributed by atoms with Crippen molar-refractivity contribution >= 4 is 21.6 Å². The Labute approximate surface area is 119 Å². The van der Waals surface area contributed by atoms with Gasteiger partial charge in [0, 0.05) is 16.7 Å². The molecule has 1 N–H and O–H groups in total. The van der Waals surface area contributed by atoms with E-state index >= 15 is 0 Å². The summed E-state index contributed by atoms with van der Waals surface area (Å²) in [6.45, 7) is 3.28. The molecule has 0 radical (unpaired) electrons. The molecule has 1 aromatic rings. The Morgan fingerprint density at radius 1 is 1.06 bits per heavy atom. The molecule has 0 bridgehead atoms. The highest BCUT2D eigenvalue weighted by Gasteiger charge is 2.11. The molecule has 1 aliphatic carbocycles. The van der Waals surface area contributed by atoms with Gasteiger partial charge in [-0.2, -0.15) is 0 Å². The molecular weight excluding hydrogens is 286 g/mol. The predicted molar refractivity (Wildman–Crippen MR) is 83.2 cm³/mol. The summed E-state index contributed by atoms with van der Waals surface area (Å²) in [4.78, 5) is 0. The van der Waals surface area contributed by atoms with Crippen molar-refractivity contribution in [2.24, 2.45) is 5.92 Å². The first-order chi connectivity index (χ1) is 8.74. The number of rotatable bonds is 3. The highest BCUT2D eigenvalue weighted by Crippen LogP contribution is 2.24. The van der Waals surface area contributed by atoms with Crippen molar-refractivity contribution in [2.75, 3.05) is 11.9 Å². The molecule has 1 saturated carbocycles. The van der Waals surface area contributed by atoms with Crippen molar-refractivity contribution in [3.63, 3.8) is 0 Å². The lowest BCUT2D eigenvalue weighted by molar-refractivity contribution is 0.392. The molecule has 0 saturated heterocycles. The zero-order chi connectivity index (χ0) is 12.8. The van der Waals surface area contributed by atoms with Gasteiger partial charge in [-0.15, -0.1) is 0 Å². The van der Waals surface area contributed by atoms with Crippen molar-refractivity contribution in [1.29, 1.82) is 0 Å². The molecule has 0 spiro atoms. The molecule has 1 aromatic carbocycles. The number of hydrogen-bond donors (Lipinski definition) is 1. The summed E-state index contributed by atoms with van der Waals surface area (Å²) in [6, 6.07) is 6.56. The van der Waals surface area contributed by atoms with Crippen LogP contribution in [0.5, 0.6) is 0 Å². The van der Waals surface area contributed by atoms with E-state index in [-0.39, 0.29) is 0 Å². The zero-order valence-electron chi connectivity index (χ0n) is 11.3. The van der Waals surface area contributed by atoms with Gasteiger partial charge in [-0.05, 0) is 49.4 Å². The van der Waals surface area contributed by atoms with E-state index in [1.54, 1.807) is 0 Å². The minimum absolute atomic E-state index is 0.865. The van der Waals surface area contributed by atoms with Gasteiger partial charge in [0.1, 0.15) is 0 Å². The van der Waals surface area contributed by atoms with Crippen molar-refractivity contribution in [2.45, 2.75) is 51.9 Å². The predicted octanol–water partition coefficient (Wildman–Crippen LogP) is 5.53. The maximum absolute atomic E-state index is 3.61. The van der Waals surface area contributed by atoms with Crippen LogP contribution in [0.15, 0.2) is 22.7 Å². The molecule has 1 fully saturated rings. The number of halogens is 1. The second-order valence-corrected chi connectivity index (χ2v) is 6.52. The third-order valence-electron chi connectivity index (χ3n) is 3.86. The molecule has 1 nitrogen and oxygen atoms in total. The second-order valence-electron chi connectivity index (χ2n) is 5.61. The van der Waals surface area contributed by atoms with Crippen molar-refractivity contribution in [3.05, 3.63) is 28.2 Å². The molecule has 0 aliphatic heterocycles. The van der Waals surface area contributed by atoms with Gasteiger partial charge in [0.05, 0.1) is 0 Å². The number of anilines is 1. The summed E-state index contributed by atoms with van der Waals surface area (Å²) in [5.41, 5.74) is 2.56. The number of aryl methyl sites for hydroxylation is 1. The first-order valence-corrected chi connectivity index (χ1v) is 8.04. The van der Waals surface area contributed by atoms with Crippen molar-refractivity contribution in [3.8, 4) is 0 Å². The molecule has 2 heteroatoms. The van der Waals surface area contributed by atoms with E-state index in [4.69, 9.17) is 0 Å². The Morgan fingerprint density at radius 2 is 1.72 bits per heavy atom. The van der Waals surface area contributed by atoms with Gasteiger partial charge in [-0.3, -0.25) is 0 Å². The van der Waals surface area contributed by atoms with Gasteiger partial charge in [-0.25, -0.2) is 0 Å². The van der Waals surface area contributed by atoms with E-state index in [9.17, 15) is 0 Å². The zero-order valence-corrected chi connectivity index (χ0v) is 12.9. The van der Waals surface area contributed by atoms with Gasteiger partial charge in [-0.1, -0.05) is 48.0 Å². The van der Waals surface area contributed by atoms with Gasteiger partial charge in [0.2, 0.25) is 0 Å². The highest BCUT2D eigenvalue weighted by atomic mass is 79.9. The van der Waals surface area contributed by atoms with Crippen LogP contribution in [0.25, 0.3) is 0 Å².